The van der Waals surface area contributed by atoms with E-state index in [0.717, 1.165) is 6.42 Å². The Balaban J connectivity index is 1.47. The standard InChI is InChI=1S/C24H16S2/c1-14-2-4-20-17(8-14)10-18-9-15(3-5-21(18)20)23-13-19-12-22-16(6-7-25-22)11-24(19)26-23/h2-9,11-13H,10H2,1H3. The smallest absolute Gasteiger partial charge is 0.0356 e. The average molecular weight is 369 g/mol. The molecule has 0 N–H and O–H groups in total. The van der Waals surface area contributed by atoms with Crippen molar-refractivity contribution in [2.75, 3.05) is 0 Å². The first-order chi connectivity index (χ1) is 12.7. The van der Waals surface area contributed by atoms with Gasteiger partial charge in [-0.25, -0.2) is 0 Å². The lowest BCUT2D eigenvalue weighted by atomic mass is 10.0. The summed E-state index contributed by atoms with van der Waals surface area (Å²) in [4.78, 5) is 1.37. The van der Waals surface area contributed by atoms with Crippen molar-refractivity contribution in [1.82, 2.24) is 0 Å². The summed E-state index contributed by atoms with van der Waals surface area (Å²) in [6.45, 7) is 2.18. The molecule has 0 saturated carbocycles. The normalized spacial score (nSPS) is 12.7. The van der Waals surface area contributed by atoms with Crippen LogP contribution in [0, 0.1) is 6.92 Å². The first-order valence-corrected chi connectivity index (χ1v) is 10.6. The van der Waals surface area contributed by atoms with Crippen LogP contribution in [0.15, 0.2) is 66.0 Å². The second kappa shape index (κ2) is 5.29. The van der Waals surface area contributed by atoms with E-state index in [1.54, 1.807) is 0 Å². The number of rotatable bonds is 1. The molecule has 5 aromatic rings. The van der Waals surface area contributed by atoms with Crippen molar-refractivity contribution >= 4 is 42.8 Å². The highest BCUT2D eigenvalue weighted by molar-refractivity contribution is 7.22. The zero-order chi connectivity index (χ0) is 17.3. The van der Waals surface area contributed by atoms with E-state index in [1.807, 2.05) is 22.7 Å². The summed E-state index contributed by atoms with van der Waals surface area (Å²) in [6.07, 6.45) is 1.06. The molecular formula is C24H16S2. The molecule has 0 unspecified atom stereocenters. The Labute approximate surface area is 160 Å². The van der Waals surface area contributed by atoms with Crippen molar-refractivity contribution in [3.8, 4) is 21.6 Å². The van der Waals surface area contributed by atoms with Gasteiger partial charge < -0.3 is 0 Å². The van der Waals surface area contributed by atoms with E-state index in [1.165, 1.54) is 58.4 Å². The topological polar surface area (TPSA) is 0 Å². The highest BCUT2D eigenvalue weighted by atomic mass is 32.1. The molecule has 124 valence electrons. The van der Waals surface area contributed by atoms with Crippen LogP contribution in [0.3, 0.4) is 0 Å². The molecule has 0 aliphatic heterocycles. The van der Waals surface area contributed by atoms with Gasteiger partial charge in [0, 0.05) is 14.3 Å². The van der Waals surface area contributed by atoms with Crippen LogP contribution >= 0.6 is 22.7 Å². The van der Waals surface area contributed by atoms with Gasteiger partial charge in [-0.1, -0.05) is 35.9 Å². The maximum Gasteiger partial charge on any atom is 0.0356 e. The zero-order valence-electron chi connectivity index (χ0n) is 14.4. The van der Waals surface area contributed by atoms with Crippen molar-refractivity contribution in [1.29, 1.82) is 0 Å². The molecule has 1 aliphatic carbocycles. The SMILES string of the molecule is Cc1ccc2c(c1)Cc1cc(-c3cc4cc5sccc5cc4s3)ccc1-2. The number of thiophene rings is 2. The van der Waals surface area contributed by atoms with Gasteiger partial charge in [-0.3, -0.25) is 0 Å². The summed E-state index contributed by atoms with van der Waals surface area (Å²) >= 11 is 3.73. The molecule has 0 amide bonds. The molecule has 0 spiro atoms. The number of hydrogen-bond acceptors (Lipinski definition) is 2. The predicted octanol–water partition coefficient (Wildman–Crippen LogP) is 7.66. The Morgan fingerprint density at radius 3 is 2.46 bits per heavy atom. The van der Waals surface area contributed by atoms with Gasteiger partial charge in [0.25, 0.3) is 0 Å². The third-order valence-corrected chi connectivity index (χ3v) is 7.44. The lowest BCUT2D eigenvalue weighted by Gasteiger charge is -2.04. The molecule has 2 aromatic heterocycles. The first-order valence-electron chi connectivity index (χ1n) is 8.89. The Morgan fingerprint density at radius 2 is 1.54 bits per heavy atom. The quantitative estimate of drug-likeness (QED) is 0.279. The number of aryl methyl sites for hydroxylation is 1. The average Bonchev–Trinajstić information content (AvgIpc) is 3.33. The third-order valence-electron chi connectivity index (χ3n) is 5.41. The van der Waals surface area contributed by atoms with Gasteiger partial charge in [-0.05, 0) is 87.6 Å². The zero-order valence-corrected chi connectivity index (χ0v) is 16.0. The van der Waals surface area contributed by atoms with Crippen LogP contribution in [0.1, 0.15) is 16.7 Å². The van der Waals surface area contributed by atoms with Gasteiger partial charge in [0.2, 0.25) is 0 Å². The molecule has 0 atom stereocenters. The van der Waals surface area contributed by atoms with Crippen LogP contribution < -0.4 is 0 Å². The summed E-state index contributed by atoms with van der Waals surface area (Å²) in [6, 6.07) is 23.1. The fourth-order valence-corrected chi connectivity index (χ4v) is 6.04. The Kier molecular flexibility index (Phi) is 3.00. The van der Waals surface area contributed by atoms with E-state index in [9.17, 15) is 0 Å². The molecule has 0 nitrogen and oxygen atoms in total. The van der Waals surface area contributed by atoms with Gasteiger partial charge in [-0.15, -0.1) is 22.7 Å². The number of hydrogen-bond donors (Lipinski definition) is 0. The fraction of sp³-hybridized carbons (Fsp3) is 0.0833. The maximum absolute atomic E-state index is 2.40. The summed E-state index contributed by atoms with van der Waals surface area (Å²) < 4.78 is 2.76. The molecule has 3 aromatic carbocycles. The molecule has 2 heterocycles. The van der Waals surface area contributed by atoms with Crippen molar-refractivity contribution in [3.63, 3.8) is 0 Å². The Bertz CT molecular complexity index is 1270. The molecule has 0 radical (unpaired) electrons. The fourth-order valence-electron chi connectivity index (χ4n) is 4.13. The van der Waals surface area contributed by atoms with E-state index in [-0.39, 0.29) is 0 Å². The van der Waals surface area contributed by atoms with E-state index >= 15 is 0 Å². The lowest BCUT2D eigenvalue weighted by molar-refractivity contribution is 1.25. The minimum absolute atomic E-state index is 1.06. The second-order valence-electron chi connectivity index (χ2n) is 7.17. The minimum atomic E-state index is 1.06. The van der Waals surface area contributed by atoms with Crippen molar-refractivity contribution in [2.24, 2.45) is 0 Å². The molecule has 26 heavy (non-hydrogen) atoms. The van der Waals surface area contributed by atoms with E-state index in [0.29, 0.717) is 0 Å². The molecular weight excluding hydrogens is 352 g/mol. The van der Waals surface area contributed by atoms with E-state index < -0.39 is 0 Å². The molecule has 2 heteroatoms. The lowest BCUT2D eigenvalue weighted by Crippen LogP contribution is -1.82. The molecule has 0 bridgehead atoms. The number of fused-ring (bicyclic) bond motifs is 5. The minimum Gasteiger partial charge on any atom is -0.144 e. The predicted molar refractivity (Wildman–Crippen MR) is 116 cm³/mol. The second-order valence-corrected chi connectivity index (χ2v) is 9.20. The molecule has 0 fully saturated rings. The van der Waals surface area contributed by atoms with Crippen LogP contribution in [-0.2, 0) is 6.42 Å². The summed E-state index contributed by atoms with van der Waals surface area (Å²) in [5.41, 5.74) is 8.44. The molecule has 1 aliphatic rings. The highest BCUT2D eigenvalue weighted by Gasteiger charge is 2.19. The van der Waals surface area contributed by atoms with Crippen LogP contribution in [-0.4, -0.2) is 0 Å². The Morgan fingerprint density at radius 1 is 0.731 bits per heavy atom. The van der Waals surface area contributed by atoms with Gasteiger partial charge >= 0.3 is 0 Å². The van der Waals surface area contributed by atoms with Gasteiger partial charge in [0.1, 0.15) is 0 Å². The van der Waals surface area contributed by atoms with Gasteiger partial charge in [-0.2, -0.15) is 0 Å². The van der Waals surface area contributed by atoms with E-state index in [4.69, 9.17) is 0 Å². The van der Waals surface area contributed by atoms with Crippen LogP contribution in [0.25, 0.3) is 41.7 Å². The number of benzene rings is 3. The summed E-state index contributed by atoms with van der Waals surface area (Å²) in [5.74, 6) is 0. The van der Waals surface area contributed by atoms with Gasteiger partial charge in [0.15, 0.2) is 0 Å². The molecule has 0 saturated heterocycles. The van der Waals surface area contributed by atoms with Crippen LogP contribution in [0.2, 0.25) is 0 Å². The summed E-state index contributed by atoms with van der Waals surface area (Å²) in [7, 11) is 0. The van der Waals surface area contributed by atoms with Crippen LogP contribution in [0.5, 0.6) is 0 Å². The van der Waals surface area contributed by atoms with Crippen LogP contribution in [0.4, 0.5) is 0 Å². The van der Waals surface area contributed by atoms with Crippen molar-refractivity contribution < 1.29 is 0 Å². The first kappa shape index (κ1) is 14.7. The Hall–Kier alpha value is -2.42. The monoisotopic (exact) mass is 368 g/mol. The largest absolute Gasteiger partial charge is 0.144 e. The third kappa shape index (κ3) is 2.13. The highest BCUT2D eigenvalue weighted by Crippen LogP contribution is 2.42. The van der Waals surface area contributed by atoms with E-state index in [2.05, 4.69) is 73.0 Å². The van der Waals surface area contributed by atoms with Crippen molar-refractivity contribution in [2.45, 2.75) is 13.3 Å². The molecule has 6 rings (SSSR count). The summed E-state index contributed by atoms with van der Waals surface area (Å²) in [5, 5.41) is 4.89. The van der Waals surface area contributed by atoms with Crippen molar-refractivity contribution in [3.05, 3.63) is 82.7 Å². The maximum atomic E-state index is 2.40. The van der Waals surface area contributed by atoms with Gasteiger partial charge in [0.05, 0.1) is 0 Å².